The van der Waals surface area contributed by atoms with Crippen molar-refractivity contribution < 1.29 is 24.3 Å². The van der Waals surface area contributed by atoms with Gasteiger partial charge in [-0.1, -0.05) is 33.3 Å². The number of methoxy groups -OCH3 is 1. The summed E-state index contributed by atoms with van der Waals surface area (Å²) in [5.41, 5.74) is 1.97. The lowest BCUT2D eigenvalue weighted by atomic mass is 9.83. The van der Waals surface area contributed by atoms with E-state index in [1.165, 1.54) is 12.0 Å². The molecule has 1 aromatic carbocycles. The number of nitrogens with one attached hydrogen (secondary N) is 3. The number of hydroxylamine groups is 1. The van der Waals surface area contributed by atoms with Gasteiger partial charge in [0.1, 0.15) is 18.3 Å². The van der Waals surface area contributed by atoms with Gasteiger partial charge in [-0.2, -0.15) is 0 Å². The van der Waals surface area contributed by atoms with Crippen LogP contribution in [0.1, 0.15) is 40.0 Å². The molecule has 1 aliphatic carbocycles. The molecule has 1 fully saturated rings. The first-order valence-electron chi connectivity index (χ1n) is 11.3. The highest BCUT2D eigenvalue weighted by Crippen LogP contribution is 2.30. The number of ether oxygens (including phenoxy) is 1. The molecule has 1 heterocycles. The van der Waals surface area contributed by atoms with Crippen LogP contribution in [0.3, 0.4) is 0 Å². The van der Waals surface area contributed by atoms with Crippen molar-refractivity contribution in [1.29, 1.82) is 0 Å². The molecule has 10 nitrogen and oxygen atoms in total. The van der Waals surface area contributed by atoms with Gasteiger partial charge in [0.2, 0.25) is 5.91 Å². The van der Waals surface area contributed by atoms with Gasteiger partial charge in [-0.15, -0.1) is 0 Å². The Balaban J connectivity index is 1.81. The highest BCUT2D eigenvalue weighted by atomic mass is 16.5. The number of amides is 4. The van der Waals surface area contributed by atoms with Crippen LogP contribution in [0.5, 0.6) is 5.75 Å². The second-order valence-corrected chi connectivity index (χ2v) is 9.70. The minimum absolute atomic E-state index is 0.286. The molecule has 0 aliphatic heterocycles. The summed E-state index contributed by atoms with van der Waals surface area (Å²) >= 11 is 0. The molecule has 184 valence electrons. The second kappa shape index (κ2) is 10.7. The largest absolute Gasteiger partial charge is 0.497 e. The number of pyridine rings is 1. The summed E-state index contributed by atoms with van der Waals surface area (Å²) in [4.78, 5) is 44.2. The summed E-state index contributed by atoms with van der Waals surface area (Å²) in [5.74, 6) is -0.203. The van der Waals surface area contributed by atoms with Crippen LogP contribution in [0.4, 0.5) is 10.5 Å². The van der Waals surface area contributed by atoms with Crippen LogP contribution in [0.25, 0.3) is 10.9 Å². The highest BCUT2D eigenvalue weighted by molar-refractivity contribution is 6.02. The Labute approximate surface area is 199 Å². The number of urea groups is 1. The molecule has 1 unspecified atom stereocenters. The van der Waals surface area contributed by atoms with E-state index in [1.54, 1.807) is 23.8 Å². The first-order valence-corrected chi connectivity index (χ1v) is 11.3. The van der Waals surface area contributed by atoms with Gasteiger partial charge >= 0.3 is 6.03 Å². The maximum atomic E-state index is 13.5. The number of aromatic nitrogens is 1. The number of hydrogen-bond donors (Lipinski definition) is 4. The molecule has 1 aromatic heterocycles. The average molecular weight is 472 g/mol. The van der Waals surface area contributed by atoms with Crippen LogP contribution < -0.4 is 20.9 Å². The third-order valence-electron chi connectivity index (χ3n) is 6.02. The maximum Gasteiger partial charge on any atom is 0.319 e. The predicted molar refractivity (Wildman–Crippen MR) is 128 cm³/mol. The Morgan fingerprint density at radius 3 is 2.59 bits per heavy atom. The van der Waals surface area contributed by atoms with Crippen molar-refractivity contribution in [2.75, 3.05) is 25.5 Å². The Morgan fingerprint density at radius 2 is 2.00 bits per heavy atom. The van der Waals surface area contributed by atoms with Crippen molar-refractivity contribution in [3.8, 4) is 5.75 Å². The van der Waals surface area contributed by atoms with Crippen molar-refractivity contribution in [3.05, 3.63) is 30.5 Å². The van der Waals surface area contributed by atoms with Crippen molar-refractivity contribution >= 4 is 34.4 Å². The summed E-state index contributed by atoms with van der Waals surface area (Å²) in [6, 6.07) is 5.64. The smallest absolute Gasteiger partial charge is 0.319 e. The lowest BCUT2D eigenvalue weighted by Crippen LogP contribution is -2.57. The van der Waals surface area contributed by atoms with Crippen LogP contribution in [0.2, 0.25) is 0 Å². The summed E-state index contributed by atoms with van der Waals surface area (Å²) in [6.07, 6.45) is 4.68. The Kier molecular flexibility index (Phi) is 7.93. The van der Waals surface area contributed by atoms with Gasteiger partial charge in [0.25, 0.3) is 5.91 Å². The fourth-order valence-corrected chi connectivity index (χ4v) is 3.93. The molecule has 1 aliphatic rings. The zero-order valence-electron chi connectivity index (χ0n) is 20.1. The predicted octanol–water partition coefficient (Wildman–Crippen LogP) is 2.91. The molecule has 4 amide bonds. The number of nitrogens with zero attached hydrogens (tertiary/aromatic N) is 2. The Hall–Kier alpha value is -3.40. The van der Waals surface area contributed by atoms with E-state index >= 15 is 0 Å². The number of fused-ring (bicyclic) bond motifs is 1. The van der Waals surface area contributed by atoms with E-state index in [2.05, 4.69) is 15.6 Å². The fourth-order valence-electron chi connectivity index (χ4n) is 3.93. The lowest BCUT2D eigenvalue weighted by molar-refractivity contribution is -0.143. The lowest BCUT2D eigenvalue weighted by Gasteiger charge is -2.37. The number of rotatable bonds is 8. The van der Waals surface area contributed by atoms with Crippen LogP contribution in [-0.2, 0) is 9.59 Å². The van der Waals surface area contributed by atoms with Gasteiger partial charge in [-0.3, -0.25) is 19.8 Å². The van der Waals surface area contributed by atoms with E-state index in [0.29, 0.717) is 29.4 Å². The van der Waals surface area contributed by atoms with Gasteiger partial charge in [0, 0.05) is 24.2 Å². The number of anilines is 1. The first-order chi connectivity index (χ1) is 16.1. The molecule has 10 heteroatoms. The molecule has 2 aromatic rings. The van der Waals surface area contributed by atoms with Gasteiger partial charge < -0.3 is 20.3 Å². The van der Waals surface area contributed by atoms with Crippen molar-refractivity contribution in [2.24, 2.45) is 11.3 Å². The fraction of sp³-hybridized carbons (Fsp3) is 0.500. The molecular formula is C24H33N5O5. The quantitative estimate of drug-likeness (QED) is 0.346. The van der Waals surface area contributed by atoms with E-state index in [0.717, 1.165) is 24.6 Å². The van der Waals surface area contributed by atoms with Gasteiger partial charge in [0.15, 0.2) is 0 Å². The molecule has 1 atom stereocenters. The summed E-state index contributed by atoms with van der Waals surface area (Å²) in [6.45, 7) is 5.63. The molecule has 0 bridgehead atoms. The summed E-state index contributed by atoms with van der Waals surface area (Å²) in [7, 11) is 1.54. The van der Waals surface area contributed by atoms with Crippen molar-refractivity contribution in [1.82, 2.24) is 20.7 Å². The number of carbonyl (C=O) groups is 3. The van der Waals surface area contributed by atoms with E-state index in [1.807, 2.05) is 32.9 Å². The minimum Gasteiger partial charge on any atom is -0.497 e. The van der Waals surface area contributed by atoms with Crippen molar-refractivity contribution in [3.63, 3.8) is 0 Å². The first kappa shape index (κ1) is 25.2. The Bertz CT molecular complexity index is 1050. The molecule has 0 saturated heterocycles. The number of carbonyl (C=O) groups excluding carboxylic acids is 3. The number of hydrogen-bond acceptors (Lipinski definition) is 6. The van der Waals surface area contributed by atoms with Gasteiger partial charge in [-0.05, 0) is 36.3 Å². The van der Waals surface area contributed by atoms with Crippen LogP contribution in [-0.4, -0.2) is 59.2 Å². The van der Waals surface area contributed by atoms with E-state index in [9.17, 15) is 14.4 Å². The van der Waals surface area contributed by atoms with Crippen molar-refractivity contribution in [2.45, 2.75) is 46.1 Å². The van der Waals surface area contributed by atoms with E-state index in [4.69, 9.17) is 9.94 Å². The zero-order valence-corrected chi connectivity index (χ0v) is 20.1. The third kappa shape index (κ3) is 6.13. The number of benzene rings is 1. The molecule has 4 N–H and O–H groups in total. The minimum atomic E-state index is -0.913. The van der Waals surface area contributed by atoms with Crippen LogP contribution in [0.15, 0.2) is 30.5 Å². The van der Waals surface area contributed by atoms with Crippen LogP contribution in [0, 0.1) is 11.3 Å². The zero-order chi connectivity index (χ0) is 24.9. The van der Waals surface area contributed by atoms with Gasteiger partial charge in [0.05, 0.1) is 18.3 Å². The second-order valence-electron chi connectivity index (χ2n) is 9.70. The standard InChI is InChI=1S/C24H33N5O5/c1-24(2,3)21(22(31)29(14-19(30)28-33)13-15-7-5-8-15)27-23(32)26-18-12-17(34-4)11-16-9-6-10-25-20(16)18/h6,9-12,15,21,33H,5,7-8,13-14H2,1-4H3,(H,28,30)(H2,26,27,32). The molecule has 34 heavy (non-hydrogen) atoms. The summed E-state index contributed by atoms with van der Waals surface area (Å²) in [5, 5.41) is 15.3. The molecular weight excluding hydrogens is 438 g/mol. The Morgan fingerprint density at radius 1 is 1.26 bits per heavy atom. The maximum absolute atomic E-state index is 13.5. The summed E-state index contributed by atoms with van der Waals surface area (Å²) < 4.78 is 5.33. The molecule has 0 spiro atoms. The van der Waals surface area contributed by atoms with E-state index in [-0.39, 0.29) is 12.5 Å². The van der Waals surface area contributed by atoms with Crippen LogP contribution >= 0.6 is 0 Å². The van der Waals surface area contributed by atoms with Gasteiger partial charge in [-0.25, -0.2) is 10.3 Å². The topological polar surface area (TPSA) is 133 Å². The SMILES string of the molecule is COc1cc(NC(=O)NC(C(=O)N(CC(=O)NO)CC2CCC2)C(C)(C)C)c2ncccc2c1. The average Bonchev–Trinajstić information content (AvgIpc) is 2.77. The monoisotopic (exact) mass is 471 g/mol. The molecule has 3 rings (SSSR count). The third-order valence-corrected chi connectivity index (χ3v) is 6.02. The molecule has 1 saturated carbocycles. The molecule has 0 radical (unpaired) electrons. The van der Waals surface area contributed by atoms with E-state index < -0.39 is 23.4 Å². The highest BCUT2D eigenvalue weighted by Gasteiger charge is 2.37. The normalized spacial score (nSPS) is 14.6.